The Balaban J connectivity index is 1.76. The predicted molar refractivity (Wildman–Crippen MR) is 136 cm³/mol. The number of carbonyl (C=O) groups is 1. The largest absolute Gasteiger partial charge is 0.478 e. The minimum atomic E-state index is -0.933. The van der Waals surface area contributed by atoms with Crippen LogP contribution in [0.5, 0.6) is 0 Å². The lowest BCUT2D eigenvalue weighted by Gasteiger charge is -2.43. The summed E-state index contributed by atoms with van der Waals surface area (Å²) in [6.45, 7) is 10.1. The van der Waals surface area contributed by atoms with Crippen molar-refractivity contribution in [2.24, 2.45) is 4.99 Å². The zero-order valence-corrected chi connectivity index (χ0v) is 19.9. The normalized spacial score (nSPS) is 16.4. The maximum atomic E-state index is 11.1. The SMILES string of the molecule is CC1(C)CCC(C)(C)c2c1ccc(C=Nc1ccc(C(=O)O)cc1)c2NCc1ccccc1. The Morgan fingerprint density at radius 3 is 2.27 bits per heavy atom. The lowest BCUT2D eigenvalue weighted by atomic mass is 9.62. The van der Waals surface area contributed by atoms with Crippen molar-refractivity contribution in [3.63, 3.8) is 0 Å². The summed E-state index contributed by atoms with van der Waals surface area (Å²) in [6, 6.07) is 21.5. The third kappa shape index (κ3) is 4.85. The molecule has 0 aliphatic heterocycles. The van der Waals surface area contributed by atoms with Crippen molar-refractivity contribution >= 4 is 23.6 Å². The van der Waals surface area contributed by atoms with Gasteiger partial charge in [0.2, 0.25) is 0 Å². The van der Waals surface area contributed by atoms with E-state index >= 15 is 0 Å². The summed E-state index contributed by atoms with van der Waals surface area (Å²) in [6.07, 6.45) is 4.18. The van der Waals surface area contributed by atoms with Crippen LogP contribution in [0.15, 0.2) is 71.7 Å². The van der Waals surface area contributed by atoms with E-state index in [4.69, 9.17) is 5.11 Å². The number of nitrogens with one attached hydrogen (secondary N) is 1. The van der Waals surface area contributed by atoms with E-state index in [9.17, 15) is 4.79 Å². The molecule has 33 heavy (non-hydrogen) atoms. The summed E-state index contributed by atoms with van der Waals surface area (Å²) in [5.74, 6) is -0.933. The van der Waals surface area contributed by atoms with Crippen LogP contribution in [-0.2, 0) is 17.4 Å². The maximum absolute atomic E-state index is 11.1. The summed E-state index contributed by atoms with van der Waals surface area (Å²) >= 11 is 0. The van der Waals surface area contributed by atoms with Gasteiger partial charge in [0.15, 0.2) is 0 Å². The van der Waals surface area contributed by atoms with Crippen molar-refractivity contribution < 1.29 is 9.90 Å². The first-order valence-electron chi connectivity index (χ1n) is 11.5. The number of fused-ring (bicyclic) bond motifs is 1. The van der Waals surface area contributed by atoms with Gasteiger partial charge in [-0.2, -0.15) is 0 Å². The van der Waals surface area contributed by atoms with Crippen molar-refractivity contribution in [2.75, 3.05) is 5.32 Å². The smallest absolute Gasteiger partial charge is 0.335 e. The van der Waals surface area contributed by atoms with Crippen LogP contribution >= 0.6 is 0 Å². The minimum absolute atomic E-state index is 0.0524. The molecule has 2 N–H and O–H groups in total. The molecular formula is C29H32N2O2. The van der Waals surface area contributed by atoms with Gasteiger partial charge in [-0.15, -0.1) is 0 Å². The van der Waals surface area contributed by atoms with E-state index < -0.39 is 5.97 Å². The van der Waals surface area contributed by atoms with Crippen LogP contribution in [0.1, 0.15) is 73.1 Å². The molecule has 0 amide bonds. The molecule has 0 spiro atoms. The van der Waals surface area contributed by atoms with E-state index in [-0.39, 0.29) is 16.4 Å². The molecule has 0 saturated heterocycles. The monoisotopic (exact) mass is 440 g/mol. The van der Waals surface area contributed by atoms with Crippen molar-refractivity contribution in [1.82, 2.24) is 0 Å². The van der Waals surface area contributed by atoms with Crippen molar-refractivity contribution in [1.29, 1.82) is 0 Å². The molecule has 1 aliphatic carbocycles. The van der Waals surface area contributed by atoms with Gasteiger partial charge < -0.3 is 10.4 Å². The van der Waals surface area contributed by atoms with Crippen LogP contribution in [0.2, 0.25) is 0 Å². The highest BCUT2D eigenvalue weighted by molar-refractivity contribution is 5.92. The first kappa shape index (κ1) is 22.8. The Morgan fingerprint density at radius 1 is 0.939 bits per heavy atom. The Hall–Kier alpha value is -3.40. The molecule has 1 aliphatic rings. The Labute approximate surface area is 196 Å². The fraction of sp³-hybridized carbons (Fsp3) is 0.310. The molecule has 0 heterocycles. The van der Waals surface area contributed by atoms with E-state index in [0.29, 0.717) is 0 Å². The summed E-state index contributed by atoms with van der Waals surface area (Å²) in [5.41, 5.74) is 7.35. The topological polar surface area (TPSA) is 61.7 Å². The molecule has 170 valence electrons. The van der Waals surface area contributed by atoms with E-state index in [1.807, 2.05) is 12.3 Å². The van der Waals surface area contributed by atoms with Gasteiger partial charge in [0.25, 0.3) is 0 Å². The lowest BCUT2D eigenvalue weighted by molar-refractivity contribution is 0.0697. The quantitative estimate of drug-likeness (QED) is 0.402. The average Bonchev–Trinajstić information content (AvgIpc) is 2.80. The Bertz CT molecular complexity index is 1180. The molecule has 4 heteroatoms. The first-order chi connectivity index (χ1) is 15.7. The fourth-order valence-electron chi connectivity index (χ4n) is 4.69. The predicted octanol–water partition coefficient (Wildman–Crippen LogP) is 7.10. The second-order valence-corrected chi connectivity index (χ2v) is 10.2. The van der Waals surface area contributed by atoms with Crippen molar-refractivity contribution in [3.8, 4) is 0 Å². The summed E-state index contributed by atoms with van der Waals surface area (Å²) in [4.78, 5) is 15.8. The highest BCUT2D eigenvalue weighted by Gasteiger charge is 2.39. The first-order valence-corrected chi connectivity index (χ1v) is 11.5. The maximum Gasteiger partial charge on any atom is 0.335 e. The van der Waals surface area contributed by atoms with E-state index in [1.54, 1.807) is 24.3 Å². The standard InChI is InChI=1S/C29H32N2O2/c1-28(2)16-17-29(3,4)25-24(28)15-12-22(26(25)31-18-20-8-6-5-7-9-20)19-30-23-13-10-21(11-14-23)27(32)33/h5-15,19,31H,16-18H2,1-4H3,(H,32,33). The number of anilines is 1. The number of nitrogens with zero attached hydrogens (tertiary/aromatic N) is 1. The second-order valence-electron chi connectivity index (χ2n) is 10.2. The molecule has 0 saturated carbocycles. The lowest BCUT2D eigenvalue weighted by Crippen LogP contribution is -2.35. The van der Waals surface area contributed by atoms with Gasteiger partial charge in [-0.3, -0.25) is 4.99 Å². The summed E-state index contributed by atoms with van der Waals surface area (Å²) in [7, 11) is 0. The molecule has 3 aromatic carbocycles. The molecule has 0 atom stereocenters. The number of carboxylic acids is 1. The van der Waals surface area contributed by atoms with Crippen LogP contribution in [0.25, 0.3) is 0 Å². The average molecular weight is 441 g/mol. The number of rotatable bonds is 6. The van der Waals surface area contributed by atoms with Gasteiger partial charge >= 0.3 is 5.97 Å². The Kier molecular flexibility index (Phi) is 6.11. The fourth-order valence-corrected chi connectivity index (χ4v) is 4.69. The van der Waals surface area contributed by atoms with Gasteiger partial charge in [-0.1, -0.05) is 70.2 Å². The van der Waals surface area contributed by atoms with Gasteiger partial charge in [0.1, 0.15) is 0 Å². The third-order valence-corrected chi connectivity index (χ3v) is 6.80. The zero-order valence-electron chi connectivity index (χ0n) is 19.9. The Morgan fingerprint density at radius 2 is 1.61 bits per heavy atom. The number of hydrogen-bond donors (Lipinski definition) is 2. The number of benzene rings is 3. The van der Waals surface area contributed by atoms with E-state index in [1.165, 1.54) is 16.7 Å². The molecule has 4 nitrogen and oxygen atoms in total. The summed E-state index contributed by atoms with van der Waals surface area (Å²) < 4.78 is 0. The second kappa shape index (κ2) is 8.86. The van der Waals surface area contributed by atoms with E-state index in [2.05, 4.69) is 74.4 Å². The van der Waals surface area contributed by atoms with E-state index in [0.717, 1.165) is 36.3 Å². The van der Waals surface area contributed by atoms with Crippen LogP contribution < -0.4 is 5.32 Å². The molecule has 0 aromatic heterocycles. The van der Waals surface area contributed by atoms with Gasteiger partial charge in [0.05, 0.1) is 11.3 Å². The zero-order chi connectivity index (χ0) is 23.6. The molecule has 3 aromatic rings. The van der Waals surface area contributed by atoms with Crippen molar-refractivity contribution in [2.45, 2.75) is 57.9 Å². The molecule has 0 fully saturated rings. The number of aliphatic imine (C=N–C) groups is 1. The molecule has 0 radical (unpaired) electrons. The van der Waals surface area contributed by atoms with Crippen LogP contribution in [0.4, 0.5) is 11.4 Å². The van der Waals surface area contributed by atoms with Gasteiger partial charge in [0, 0.05) is 24.0 Å². The van der Waals surface area contributed by atoms with Gasteiger partial charge in [-0.05, 0) is 64.6 Å². The van der Waals surface area contributed by atoms with Crippen LogP contribution in [0, 0.1) is 0 Å². The third-order valence-electron chi connectivity index (χ3n) is 6.80. The summed E-state index contributed by atoms with van der Waals surface area (Å²) in [5, 5.41) is 12.9. The highest BCUT2D eigenvalue weighted by Crippen LogP contribution is 2.49. The van der Waals surface area contributed by atoms with Crippen LogP contribution in [0.3, 0.4) is 0 Å². The minimum Gasteiger partial charge on any atom is -0.478 e. The number of aromatic carboxylic acids is 1. The number of carboxylic acid groups (broad SMARTS) is 1. The molecule has 0 bridgehead atoms. The van der Waals surface area contributed by atoms with Crippen LogP contribution in [-0.4, -0.2) is 17.3 Å². The van der Waals surface area contributed by atoms with Gasteiger partial charge in [-0.25, -0.2) is 4.79 Å². The number of hydrogen-bond acceptors (Lipinski definition) is 3. The molecular weight excluding hydrogens is 408 g/mol. The highest BCUT2D eigenvalue weighted by atomic mass is 16.4. The van der Waals surface area contributed by atoms with Crippen molar-refractivity contribution in [3.05, 3.63) is 94.5 Å². The molecule has 4 rings (SSSR count). The molecule has 0 unspecified atom stereocenters.